The van der Waals surface area contributed by atoms with Crippen molar-refractivity contribution >= 4 is 28.7 Å². The Balaban J connectivity index is 0.000000541. The van der Waals surface area contributed by atoms with Crippen molar-refractivity contribution in [3.8, 4) is 0 Å². The summed E-state index contributed by atoms with van der Waals surface area (Å²) in [5.74, 6) is -1.15. The summed E-state index contributed by atoms with van der Waals surface area (Å²) in [6.07, 6.45) is 0. The fraction of sp³-hybridized carbons (Fsp3) is 0. The van der Waals surface area contributed by atoms with Gasteiger partial charge in [0, 0.05) is 0 Å². The lowest BCUT2D eigenvalue weighted by molar-refractivity contribution is -0.742. The van der Waals surface area contributed by atoms with Gasteiger partial charge in [-0.3, -0.25) is 30.0 Å². The number of rotatable bonds is 2. The van der Waals surface area contributed by atoms with Crippen LogP contribution in [0.2, 0.25) is 0 Å². The van der Waals surface area contributed by atoms with Crippen LogP contribution < -0.4 is 17.0 Å². The summed E-state index contributed by atoms with van der Waals surface area (Å²) in [6.45, 7) is 0. The fourth-order valence-corrected chi connectivity index (χ4v) is 1.45. The van der Waals surface area contributed by atoms with Gasteiger partial charge in [0.25, 0.3) is 5.09 Å². The van der Waals surface area contributed by atoms with Crippen LogP contribution in [0.5, 0.6) is 0 Å². The third-order valence-corrected chi connectivity index (χ3v) is 2.17. The van der Waals surface area contributed by atoms with Crippen LogP contribution in [0, 0.1) is 30.3 Å². The molecule has 0 atom stereocenters. The highest BCUT2D eigenvalue weighted by Crippen LogP contribution is 2.27. The number of hydrogen-bond acceptors (Lipinski definition) is 10. The summed E-state index contributed by atoms with van der Waals surface area (Å²) in [5.41, 5.74) is 7.43. The third-order valence-electron chi connectivity index (χ3n) is 2.17. The molecule has 118 valence electrons. The molecule has 2 rings (SSSR count). The molecule has 0 bridgehead atoms. The van der Waals surface area contributed by atoms with Crippen molar-refractivity contribution in [2.75, 3.05) is 11.5 Å². The number of hydrogen-bond donors (Lipinski definition) is 4. The van der Waals surface area contributed by atoms with Crippen molar-refractivity contribution in [1.82, 2.24) is 14.6 Å². The van der Waals surface area contributed by atoms with Crippen molar-refractivity contribution in [2.24, 2.45) is 0 Å². The summed E-state index contributed by atoms with van der Waals surface area (Å²) >= 11 is 0. The van der Waals surface area contributed by atoms with E-state index in [9.17, 15) is 25.0 Å². The molecule has 16 heteroatoms. The number of nitrogen functional groups attached to an aromatic ring is 2. The SMILES string of the molecule is Nc1nn2c(N)c([N+](=O)[O-])c(=O)[nH]c2c1[N+](=O)[O-].O=[N+]([O-])O. The van der Waals surface area contributed by atoms with Gasteiger partial charge in [0.05, 0.1) is 9.85 Å². The monoisotopic (exact) mass is 318 g/mol. The van der Waals surface area contributed by atoms with Crippen LogP contribution in [-0.4, -0.2) is 34.7 Å². The molecule has 0 radical (unpaired) electrons. The van der Waals surface area contributed by atoms with Crippen molar-refractivity contribution in [3.05, 3.63) is 40.7 Å². The molecule has 0 aliphatic heterocycles. The molecule has 0 amide bonds. The zero-order chi connectivity index (χ0) is 17.2. The molecule has 2 aromatic rings. The maximum Gasteiger partial charge on any atom is 0.375 e. The summed E-state index contributed by atoms with van der Waals surface area (Å²) in [4.78, 5) is 41.1. The van der Waals surface area contributed by atoms with Crippen LogP contribution in [0.4, 0.5) is 23.0 Å². The minimum Gasteiger partial charge on any atom is -0.378 e. The van der Waals surface area contributed by atoms with Crippen LogP contribution in [-0.2, 0) is 0 Å². The molecule has 0 spiro atoms. The normalized spacial score (nSPS) is 9.82. The lowest BCUT2D eigenvalue weighted by atomic mass is 10.4. The molecular formula is C6H6N8O8. The van der Waals surface area contributed by atoms with Gasteiger partial charge in [-0.1, -0.05) is 0 Å². The van der Waals surface area contributed by atoms with E-state index >= 15 is 0 Å². The van der Waals surface area contributed by atoms with E-state index in [1.807, 2.05) is 4.98 Å². The van der Waals surface area contributed by atoms with Crippen molar-refractivity contribution < 1.29 is 20.1 Å². The lowest BCUT2D eigenvalue weighted by Crippen LogP contribution is -2.18. The Labute approximate surface area is 117 Å². The quantitative estimate of drug-likeness (QED) is 0.371. The average Bonchev–Trinajstić information content (AvgIpc) is 2.64. The second-order valence-electron chi connectivity index (χ2n) is 3.43. The van der Waals surface area contributed by atoms with Crippen LogP contribution in [0.25, 0.3) is 5.65 Å². The number of nitrogens with one attached hydrogen (secondary N) is 1. The van der Waals surface area contributed by atoms with E-state index in [0.717, 1.165) is 0 Å². The number of aromatic amines is 1. The molecule has 0 aliphatic rings. The number of anilines is 2. The number of H-pyrrole nitrogens is 1. The zero-order valence-corrected chi connectivity index (χ0v) is 10.2. The Hall–Kier alpha value is -3.98. The van der Waals surface area contributed by atoms with Crippen LogP contribution in [0.15, 0.2) is 4.79 Å². The number of aromatic nitrogens is 3. The molecule has 16 nitrogen and oxygen atoms in total. The molecule has 22 heavy (non-hydrogen) atoms. The molecule has 0 aromatic carbocycles. The molecule has 0 unspecified atom stereocenters. The van der Waals surface area contributed by atoms with E-state index in [-0.39, 0.29) is 0 Å². The summed E-state index contributed by atoms with van der Waals surface area (Å²) in [5, 5.41) is 38.4. The van der Waals surface area contributed by atoms with E-state index < -0.39 is 49.2 Å². The Morgan fingerprint density at radius 2 is 1.55 bits per heavy atom. The smallest absolute Gasteiger partial charge is 0.375 e. The number of nitro groups is 2. The van der Waals surface area contributed by atoms with E-state index in [2.05, 4.69) is 5.10 Å². The lowest BCUT2D eigenvalue weighted by Gasteiger charge is -1.98. The minimum atomic E-state index is -1.50. The molecular weight excluding hydrogens is 312 g/mol. The summed E-state index contributed by atoms with van der Waals surface area (Å²) < 4.78 is 0.646. The molecule has 0 fully saturated rings. The van der Waals surface area contributed by atoms with Crippen molar-refractivity contribution in [1.29, 1.82) is 0 Å². The third kappa shape index (κ3) is 2.79. The van der Waals surface area contributed by atoms with Crippen molar-refractivity contribution in [3.63, 3.8) is 0 Å². The Morgan fingerprint density at radius 3 is 1.95 bits per heavy atom. The van der Waals surface area contributed by atoms with Crippen LogP contribution in [0.1, 0.15) is 0 Å². The highest BCUT2D eigenvalue weighted by molar-refractivity contribution is 5.74. The Kier molecular flexibility index (Phi) is 4.07. The Morgan fingerprint density at radius 1 is 1.09 bits per heavy atom. The first-order valence-corrected chi connectivity index (χ1v) is 4.89. The molecule has 2 heterocycles. The van der Waals surface area contributed by atoms with Gasteiger partial charge in [0.2, 0.25) is 17.3 Å². The van der Waals surface area contributed by atoms with Gasteiger partial charge in [0.1, 0.15) is 0 Å². The average molecular weight is 318 g/mol. The van der Waals surface area contributed by atoms with Gasteiger partial charge in [-0.05, 0) is 0 Å². The highest BCUT2D eigenvalue weighted by atomic mass is 16.9. The van der Waals surface area contributed by atoms with E-state index in [0.29, 0.717) is 4.52 Å². The van der Waals surface area contributed by atoms with Crippen molar-refractivity contribution in [2.45, 2.75) is 0 Å². The number of fused-ring (bicyclic) bond motifs is 1. The van der Waals surface area contributed by atoms with E-state index in [4.69, 9.17) is 26.8 Å². The fourth-order valence-electron chi connectivity index (χ4n) is 1.45. The largest absolute Gasteiger partial charge is 0.378 e. The first-order valence-electron chi connectivity index (χ1n) is 4.89. The highest BCUT2D eigenvalue weighted by Gasteiger charge is 2.29. The molecule has 0 saturated carbocycles. The second-order valence-corrected chi connectivity index (χ2v) is 3.43. The van der Waals surface area contributed by atoms with Gasteiger partial charge in [0.15, 0.2) is 0 Å². The molecule has 2 aromatic heterocycles. The van der Waals surface area contributed by atoms with Crippen LogP contribution in [0.3, 0.4) is 0 Å². The van der Waals surface area contributed by atoms with Gasteiger partial charge >= 0.3 is 16.9 Å². The van der Waals surface area contributed by atoms with Gasteiger partial charge < -0.3 is 16.7 Å². The van der Waals surface area contributed by atoms with Gasteiger partial charge in [-0.2, -0.15) is 4.52 Å². The van der Waals surface area contributed by atoms with Crippen LogP contribution >= 0.6 is 0 Å². The standard InChI is InChI=1S/C6H5N7O5.HNO3/c7-3-1(12(15)16)5-9-6(14)2(13(17)18)4(8)11(5)10-3;2-1(3)4/h8H2,(H2,7,10)(H,9,14);(H,2,3,4). The summed E-state index contributed by atoms with van der Waals surface area (Å²) in [6, 6.07) is 0. The topological polar surface area (TPSA) is 252 Å². The maximum absolute atomic E-state index is 11.4. The minimum absolute atomic E-state index is 0.411. The first kappa shape index (κ1) is 16.1. The Bertz CT molecular complexity index is 831. The number of nitrogens with two attached hydrogens (primary N) is 2. The van der Waals surface area contributed by atoms with E-state index in [1.165, 1.54) is 0 Å². The van der Waals surface area contributed by atoms with Gasteiger partial charge in [-0.25, -0.2) is 0 Å². The predicted molar refractivity (Wildman–Crippen MR) is 66.7 cm³/mol. The van der Waals surface area contributed by atoms with Gasteiger partial charge in [-0.15, -0.1) is 15.2 Å². The first-order chi connectivity index (χ1) is 10.1. The summed E-state index contributed by atoms with van der Waals surface area (Å²) in [7, 11) is 0. The maximum atomic E-state index is 11.4. The molecule has 6 N–H and O–H groups in total. The zero-order valence-electron chi connectivity index (χ0n) is 10.2. The molecule has 0 aliphatic carbocycles. The molecule has 0 saturated heterocycles. The predicted octanol–water partition coefficient (Wildman–Crippen LogP) is -1.34. The van der Waals surface area contributed by atoms with E-state index in [1.54, 1.807) is 0 Å². The second kappa shape index (κ2) is 5.56. The number of nitrogens with zero attached hydrogens (tertiary/aromatic N) is 5.